The molecule has 16 aromatic rings. The number of aryl methyl sites for hydroxylation is 4. The number of rotatable bonds is 16. The lowest BCUT2D eigenvalue weighted by atomic mass is 9.80. The van der Waals surface area contributed by atoms with Crippen molar-refractivity contribution in [2.75, 3.05) is 0 Å². The molecule has 0 fully saturated rings. The van der Waals surface area contributed by atoms with E-state index in [0.29, 0.717) is 0 Å². The summed E-state index contributed by atoms with van der Waals surface area (Å²) < 4.78 is 0. The van der Waals surface area contributed by atoms with E-state index in [4.69, 9.17) is 0 Å². The zero-order valence-electron chi connectivity index (χ0n) is 65.1. The Balaban J connectivity index is 0.950. The maximum Gasteiger partial charge on any atom is -0.00139 e. The van der Waals surface area contributed by atoms with Crippen LogP contribution in [0.1, 0.15) is 101 Å². The molecule has 50 rings (SSSR count). The van der Waals surface area contributed by atoms with Crippen molar-refractivity contribution >= 4 is 0 Å². The van der Waals surface area contributed by atoms with Gasteiger partial charge >= 0.3 is 0 Å². The lowest BCUT2D eigenvalue weighted by Gasteiger charge is -2.23. The molecule has 0 saturated heterocycles. The first-order valence-electron chi connectivity index (χ1n) is 41.1. The summed E-state index contributed by atoms with van der Waals surface area (Å²) in [5.41, 5.74) is 15.3. The molecule has 34 aliphatic rings. The molecule has 544 valence electrons. The van der Waals surface area contributed by atoms with E-state index in [2.05, 4.69) is 392 Å². The van der Waals surface area contributed by atoms with Gasteiger partial charge in [0.1, 0.15) is 0 Å². The smallest absolute Gasteiger partial charge is 0.00139 e. The second-order valence-corrected chi connectivity index (χ2v) is 30.8. The Hall–Kier alpha value is -12.5. The molecule has 0 spiro atoms. The third-order valence-electron chi connectivity index (χ3n) is 23.4. The summed E-state index contributed by atoms with van der Waals surface area (Å²) in [5.74, 6) is 0. The van der Waals surface area contributed by atoms with Crippen molar-refractivity contribution in [2.45, 2.75) is 105 Å². The number of benzene rings is 16. The lowest BCUT2D eigenvalue weighted by Crippen LogP contribution is -2.01. The van der Waals surface area contributed by atoms with E-state index < -0.39 is 0 Å². The van der Waals surface area contributed by atoms with Crippen LogP contribution in [-0.2, 0) is 25.7 Å². The van der Waals surface area contributed by atoms with Gasteiger partial charge in [-0.15, -0.1) is 0 Å². The third kappa shape index (κ3) is 15.6. The van der Waals surface area contributed by atoms with E-state index in [0.717, 1.165) is 77.0 Å². The highest BCUT2D eigenvalue weighted by atomic mass is 14.3. The maximum atomic E-state index is 2.44. The number of hydrogen-bond donors (Lipinski definition) is 0. The average Bonchev–Trinajstić information content (AvgIpc) is 0.713. The largest absolute Gasteiger partial charge is 0.0654 e. The number of unbranched alkanes of at least 4 members (excludes halogenated alkanes) is 4. The van der Waals surface area contributed by atoms with Crippen molar-refractivity contribution in [3.05, 3.63) is 511 Å². The van der Waals surface area contributed by atoms with Gasteiger partial charge in [-0.25, -0.2) is 0 Å². The summed E-state index contributed by atoms with van der Waals surface area (Å²) in [6.07, 6.45) is 13.4. The first-order valence-corrected chi connectivity index (χ1v) is 41.1. The monoisotopic (exact) mass is 1440 g/mol. The van der Waals surface area contributed by atoms with Crippen LogP contribution < -0.4 is 0 Å². The Labute approximate surface area is 656 Å². The molecule has 0 atom stereocenters. The first-order chi connectivity index (χ1) is 55.3. The molecular weight excluding hydrogens is 1350 g/mol. The van der Waals surface area contributed by atoms with Crippen LogP contribution >= 0.6 is 0 Å². The van der Waals surface area contributed by atoms with Gasteiger partial charge in [0.15, 0.2) is 0 Å². The van der Waals surface area contributed by atoms with Gasteiger partial charge in [-0.3, -0.25) is 0 Å². The molecule has 0 aliphatic heterocycles. The van der Waals surface area contributed by atoms with E-state index in [1.54, 1.807) is 0 Å². The molecule has 0 N–H and O–H groups in total. The van der Waals surface area contributed by atoms with E-state index in [1.807, 2.05) is 0 Å². The quantitative estimate of drug-likeness (QED) is 0.0904. The van der Waals surface area contributed by atoms with Gasteiger partial charge in [-0.2, -0.15) is 0 Å². The summed E-state index contributed by atoms with van der Waals surface area (Å²) in [4.78, 5) is 0. The fourth-order valence-corrected chi connectivity index (χ4v) is 16.7. The minimum Gasteiger partial charge on any atom is -0.0654 e. The van der Waals surface area contributed by atoms with Crippen molar-refractivity contribution < 1.29 is 0 Å². The van der Waals surface area contributed by atoms with Crippen molar-refractivity contribution in [2.24, 2.45) is 0 Å². The molecule has 0 saturated carbocycles. The van der Waals surface area contributed by atoms with Crippen LogP contribution in [0.4, 0.5) is 0 Å². The van der Waals surface area contributed by atoms with E-state index in [1.165, 1.54) is 192 Å². The van der Waals surface area contributed by atoms with Gasteiger partial charge in [-0.05, 0) is 243 Å². The van der Waals surface area contributed by atoms with E-state index >= 15 is 0 Å². The van der Waals surface area contributed by atoms with Gasteiger partial charge in [0.2, 0.25) is 0 Å². The summed E-state index contributed by atoms with van der Waals surface area (Å²) in [6, 6.07) is 139. The van der Waals surface area contributed by atoms with Gasteiger partial charge in [-0.1, -0.05) is 417 Å². The molecule has 34 aliphatic carbocycles. The van der Waals surface area contributed by atoms with Crippen LogP contribution in [0.25, 0.3) is 44.5 Å². The molecule has 16 aromatic carbocycles. The van der Waals surface area contributed by atoms with Crippen molar-refractivity contribution in [3.63, 3.8) is 0 Å². The van der Waals surface area contributed by atoms with Crippen LogP contribution in [0.5, 0.6) is 0 Å². The van der Waals surface area contributed by atoms with Crippen molar-refractivity contribution in [1.29, 1.82) is 0 Å². The Kier molecular flexibility index (Phi) is 21.6. The maximum absolute atomic E-state index is 2.44. The molecule has 0 heteroatoms. The van der Waals surface area contributed by atoms with Crippen LogP contribution in [0.15, 0.2) is 364 Å². The molecule has 0 nitrogen and oxygen atoms in total. The molecule has 24 bridgehead atoms. The normalized spacial score (nSPS) is 11.5. The van der Waals surface area contributed by atoms with Gasteiger partial charge < -0.3 is 0 Å². The highest BCUT2D eigenvalue weighted by Crippen LogP contribution is 2.46. The minimum atomic E-state index is 1.05. The summed E-state index contributed by atoms with van der Waals surface area (Å²) in [7, 11) is 0. The standard InChI is InChI=1S/C112H96/c1-5-9-13-77-17-25-101(26-18-77)107-108(102-27-19-78(20-28-102)14-10-6-2)112-106-75-71-100(72-76-106)98-67-63-96(64-68-98)94-59-55-92(56-60-94)90-51-47-88(48-52-90)86-43-39-84(40-44-86)82-35-33-81(34-36-82)83-37-41-85(42-38-83)87-45-49-89(50-46-87)91-53-57-93(58-54-91)95-61-65-97(66-62-95)99-69-73-105(74-70-99)111(107)109(103-29-21-79(22-30-103)15-11-7-3)110(112)104-31-23-80(24-32-104)16-12-8-4/h17-76H,5-16H2,1-4H3. The van der Waals surface area contributed by atoms with Gasteiger partial charge in [0.05, 0.1) is 0 Å². The van der Waals surface area contributed by atoms with Gasteiger partial charge in [0.25, 0.3) is 0 Å². The lowest BCUT2D eigenvalue weighted by molar-refractivity contribution is 0.795. The Morgan fingerprint density at radius 3 is 0.339 bits per heavy atom. The molecular formula is C112H96. The Bertz CT molecular complexity index is 6690. The predicted octanol–water partition coefficient (Wildman–Crippen LogP) is 27.5. The third-order valence-corrected chi connectivity index (χ3v) is 23.4. The molecule has 0 aromatic heterocycles. The summed E-state index contributed by atoms with van der Waals surface area (Å²) in [6.45, 7) is 9.19. The second-order valence-electron chi connectivity index (χ2n) is 30.8. The summed E-state index contributed by atoms with van der Waals surface area (Å²) in [5, 5.41) is 28.7. The fourth-order valence-electron chi connectivity index (χ4n) is 16.7. The highest BCUT2D eigenvalue weighted by molar-refractivity contribution is 5.97. The zero-order valence-corrected chi connectivity index (χ0v) is 65.1. The molecule has 0 radical (unpaired) electrons. The Morgan fingerprint density at radius 2 is 0.232 bits per heavy atom. The van der Waals surface area contributed by atoms with E-state index in [9.17, 15) is 0 Å². The molecule has 0 amide bonds. The minimum absolute atomic E-state index is 1.05. The Morgan fingerprint density at radius 1 is 0.125 bits per heavy atom. The van der Waals surface area contributed by atoms with Crippen LogP contribution in [0, 0.1) is 125 Å². The molecule has 0 heterocycles. The second kappa shape index (κ2) is 33.4. The van der Waals surface area contributed by atoms with Crippen molar-refractivity contribution in [1.82, 2.24) is 0 Å². The molecule has 0 unspecified atom stereocenters. The molecule has 112 heavy (non-hydrogen) atoms. The fraction of sp³-hybridized carbons (Fsp3) is 0.143. The van der Waals surface area contributed by atoms with Gasteiger partial charge in [0, 0.05) is 0 Å². The van der Waals surface area contributed by atoms with Crippen LogP contribution in [0.2, 0.25) is 0 Å². The first kappa shape index (κ1) is 72.4. The highest BCUT2D eigenvalue weighted by Gasteiger charge is 2.24. The van der Waals surface area contributed by atoms with Crippen LogP contribution in [-0.4, -0.2) is 0 Å². The topological polar surface area (TPSA) is 0 Å². The van der Waals surface area contributed by atoms with E-state index in [-0.39, 0.29) is 0 Å². The predicted molar refractivity (Wildman–Crippen MR) is 466 cm³/mol. The van der Waals surface area contributed by atoms with Crippen molar-refractivity contribution in [3.8, 4) is 44.5 Å². The zero-order chi connectivity index (χ0) is 75.7. The van der Waals surface area contributed by atoms with Crippen LogP contribution in [0.3, 0.4) is 0 Å². The number of hydrogen-bond acceptors (Lipinski definition) is 0. The summed E-state index contributed by atoms with van der Waals surface area (Å²) >= 11 is 0. The average molecular weight is 1440 g/mol. The SMILES string of the molecule is CCCCc1ccc(-c2c(-c3ccc(CCCC)cc3)c3c(-c4ccc(CCCC)cc4)c(-c4ccc(CCCC)cc4)c2=c2ccc(cc2)=c2ccc(cc2)=c2ccc(cc2)=c2ccc(cc2)=c2ccc(cc2)=c2ccc(cc2)=c2ccc(cc2)=c2ccc(cc2)=c2ccc(cc2)=c2ccc(cc2)=c2ccc=3cc2)cc1.